The number of nitrogens with one attached hydrogen (secondary N) is 2. The highest BCUT2D eigenvalue weighted by Gasteiger charge is 2.09. The van der Waals surface area contributed by atoms with Crippen molar-refractivity contribution in [2.24, 2.45) is 5.10 Å². The lowest BCUT2D eigenvalue weighted by Crippen LogP contribution is -2.26. The van der Waals surface area contributed by atoms with Gasteiger partial charge in [-0.25, -0.2) is 5.43 Å². The third-order valence-corrected chi connectivity index (χ3v) is 3.66. The molecule has 0 aliphatic rings. The highest BCUT2D eigenvalue weighted by molar-refractivity contribution is 6.30. The Labute approximate surface area is 151 Å². The number of anilines is 1. The second-order valence-electron chi connectivity index (χ2n) is 5.16. The van der Waals surface area contributed by atoms with Crippen LogP contribution in [0.2, 0.25) is 5.02 Å². The molecule has 0 aromatic heterocycles. The summed E-state index contributed by atoms with van der Waals surface area (Å²) in [7, 11) is 3.15. The van der Waals surface area contributed by atoms with Crippen LogP contribution in [0.5, 0.6) is 11.5 Å². The standard InChI is InChI=1S/C18H20ClN3O3/c1-12(16-8-7-15(24-2)10-17(16)25-3)21-22-18(23)11-20-14-6-4-5-13(19)9-14/h4-10,20H,11H2,1-3H3,(H,22,23). The SMILES string of the molecule is COc1ccc(C(C)=NNC(=O)CNc2cccc(Cl)c2)c(OC)c1. The molecule has 25 heavy (non-hydrogen) atoms. The fourth-order valence-electron chi connectivity index (χ4n) is 2.12. The van der Waals surface area contributed by atoms with Crippen molar-refractivity contribution in [3.8, 4) is 11.5 Å². The molecule has 2 aromatic carbocycles. The summed E-state index contributed by atoms with van der Waals surface area (Å²) in [5.41, 5.74) is 4.67. The minimum atomic E-state index is -0.271. The fourth-order valence-corrected chi connectivity index (χ4v) is 2.31. The normalized spacial score (nSPS) is 11.0. The van der Waals surface area contributed by atoms with Crippen LogP contribution in [0.25, 0.3) is 0 Å². The molecule has 0 spiro atoms. The van der Waals surface area contributed by atoms with Gasteiger partial charge in [0.25, 0.3) is 5.91 Å². The molecule has 2 rings (SSSR count). The molecule has 6 nitrogen and oxygen atoms in total. The predicted molar refractivity (Wildman–Crippen MR) is 99.8 cm³/mol. The maximum atomic E-state index is 11.9. The van der Waals surface area contributed by atoms with Crippen molar-refractivity contribution in [3.63, 3.8) is 0 Å². The Hall–Kier alpha value is -2.73. The fraction of sp³-hybridized carbons (Fsp3) is 0.222. The molecule has 0 heterocycles. The first-order valence-electron chi connectivity index (χ1n) is 7.58. The Bertz CT molecular complexity index is 778. The lowest BCUT2D eigenvalue weighted by Gasteiger charge is -2.10. The van der Waals surface area contributed by atoms with Crippen molar-refractivity contribution in [1.29, 1.82) is 0 Å². The van der Waals surface area contributed by atoms with Crippen LogP contribution in [-0.4, -0.2) is 32.4 Å². The monoisotopic (exact) mass is 361 g/mol. The molecule has 1 amide bonds. The molecule has 0 fully saturated rings. The maximum absolute atomic E-state index is 11.9. The number of nitrogens with zero attached hydrogens (tertiary/aromatic N) is 1. The van der Waals surface area contributed by atoms with Crippen LogP contribution in [0.3, 0.4) is 0 Å². The van der Waals surface area contributed by atoms with Crippen LogP contribution in [0.15, 0.2) is 47.6 Å². The molecule has 0 bridgehead atoms. The highest BCUT2D eigenvalue weighted by atomic mass is 35.5. The number of hydrogen-bond donors (Lipinski definition) is 2. The van der Waals surface area contributed by atoms with Crippen molar-refractivity contribution in [2.75, 3.05) is 26.1 Å². The largest absolute Gasteiger partial charge is 0.497 e. The van der Waals surface area contributed by atoms with Crippen molar-refractivity contribution in [3.05, 3.63) is 53.1 Å². The number of ether oxygens (including phenoxy) is 2. The molecule has 132 valence electrons. The van der Waals surface area contributed by atoms with E-state index in [1.807, 2.05) is 12.1 Å². The molecule has 0 aliphatic heterocycles. The number of methoxy groups -OCH3 is 2. The van der Waals surface area contributed by atoms with E-state index in [-0.39, 0.29) is 12.5 Å². The average molecular weight is 362 g/mol. The zero-order chi connectivity index (χ0) is 18.2. The van der Waals surface area contributed by atoms with E-state index in [1.54, 1.807) is 51.5 Å². The topological polar surface area (TPSA) is 72.0 Å². The van der Waals surface area contributed by atoms with E-state index in [0.717, 1.165) is 11.3 Å². The molecule has 2 aromatic rings. The summed E-state index contributed by atoms with van der Waals surface area (Å²) in [6.07, 6.45) is 0. The van der Waals surface area contributed by atoms with E-state index in [9.17, 15) is 4.79 Å². The van der Waals surface area contributed by atoms with Crippen LogP contribution in [-0.2, 0) is 4.79 Å². The first-order valence-corrected chi connectivity index (χ1v) is 7.96. The van der Waals surface area contributed by atoms with Gasteiger partial charge in [-0.2, -0.15) is 5.10 Å². The summed E-state index contributed by atoms with van der Waals surface area (Å²) in [6, 6.07) is 12.5. The van der Waals surface area contributed by atoms with Crippen molar-refractivity contribution >= 4 is 28.9 Å². The highest BCUT2D eigenvalue weighted by Crippen LogP contribution is 2.25. The van der Waals surface area contributed by atoms with E-state index in [2.05, 4.69) is 15.8 Å². The molecule has 0 saturated carbocycles. The molecule has 0 saturated heterocycles. The van der Waals surface area contributed by atoms with Gasteiger partial charge in [0, 0.05) is 22.3 Å². The Morgan fingerprint density at radius 1 is 1.16 bits per heavy atom. The Morgan fingerprint density at radius 3 is 2.64 bits per heavy atom. The van der Waals surface area contributed by atoms with Gasteiger partial charge in [-0.3, -0.25) is 4.79 Å². The van der Waals surface area contributed by atoms with E-state index < -0.39 is 0 Å². The summed E-state index contributed by atoms with van der Waals surface area (Å²) >= 11 is 5.90. The molecule has 0 radical (unpaired) electrons. The molecule has 2 N–H and O–H groups in total. The zero-order valence-corrected chi connectivity index (χ0v) is 15.1. The number of rotatable bonds is 7. The molecule has 7 heteroatoms. The number of hydrazone groups is 1. The average Bonchev–Trinajstić information content (AvgIpc) is 2.63. The molecular weight excluding hydrogens is 342 g/mol. The van der Waals surface area contributed by atoms with E-state index in [0.29, 0.717) is 22.2 Å². The summed E-state index contributed by atoms with van der Waals surface area (Å²) in [4.78, 5) is 11.9. The third-order valence-electron chi connectivity index (χ3n) is 3.42. The Morgan fingerprint density at radius 2 is 1.96 bits per heavy atom. The van der Waals surface area contributed by atoms with Crippen LogP contribution in [0, 0.1) is 0 Å². The number of amides is 1. The zero-order valence-electron chi connectivity index (χ0n) is 14.3. The summed E-state index contributed by atoms with van der Waals surface area (Å²) in [6.45, 7) is 1.87. The lowest BCUT2D eigenvalue weighted by molar-refractivity contribution is -0.119. The van der Waals surface area contributed by atoms with Crippen LogP contribution in [0.4, 0.5) is 5.69 Å². The number of halogens is 1. The van der Waals surface area contributed by atoms with Crippen molar-refractivity contribution in [2.45, 2.75) is 6.92 Å². The number of carbonyl (C=O) groups is 1. The summed E-state index contributed by atoms with van der Waals surface area (Å²) in [5, 5.41) is 7.70. The second kappa shape index (κ2) is 8.94. The summed E-state index contributed by atoms with van der Waals surface area (Å²) in [5.74, 6) is 1.03. The van der Waals surface area contributed by atoms with Crippen molar-refractivity contribution < 1.29 is 14.3 Å². The van der Waals surface area contributed by atoms with Gasteiger partial charge in [0.15, 0.2) is 0 Å². The van der Waals surface area contributed by atoms with Crippen LogP contribution >= 0.6 is 11.6 Å². The van der Waals surface area contributed by atoms with Gasteiger partial charge >= 0.3 is 0 Å². The van der Waals surface area contributed by atoms with E-state index in [4.69, 9.17) is 21.1 Å². The predicted octanol–water partition coefficient (Wildman–Crippen LogP) is 3.31. The van der Waals surface area contributed by atoms with Gasteiger partial charge in [-0.15, -0.1) is 0 Å². The Balaban J connectivity index is 1.97. The van der Waals surface area contributed by atoms with Gasteiger partial charge in [0.2, 0.25) is 0 Å². The number of hydrogen-bond acceptors (Lipinski definition) is 5. The third kappa shape index (κ3) is 5.39. The molecule has 0 unspecified atom stereocenters. The Kier molecular flexibility index (Phi) is 6.65. The quantitative estimate of drug-likeness (QED) is 0.586. The minimum absolute atomic E-state index is 0.0802. The molecule has 0 aliphatic carbocycles. The smallest absolute Gasteiger partial charge is 0.259 e. The second-order valence-corrected chi connectivity index (χ2v) is 5.60. The van der Waals surface area contributed by atoms with Crippen LogP contribution in [0.1, 0.15) is 12.5 Å². The number of carbonyl (C=O) groups excluding carboxylic acids is 1. The van der Waals surface area contributed by atoms with Gasteiger partial charge in [0.05, 0.1) is 26.5 Å². The van der Waals surface area contributed by atoms with Gasteiger partial charge in [-0.05, 0) is 37.3 Å². The van der Waals surface area contributed by atoms with Gasteiger partial charge in [0.1, 0.15) is 11.5 Å². The first-order chi connectivity index (χ1) is 12.0. The van der Waals surface area contributed by atoms with E-state index >= 15 is 0 Å². The molecular formula is C18H20ClN3O3. The minimum Gasteiger partial charge on any atom is -0.497 e. The van der Waals surface area contributed by atoms with Gasteiger partial charge < -0.3 is 14.8 Å². The molecule has 0 atom stereocenters. The summed E-state index contributed by atoms with van der Waals surface area (Å²) < 4.78 is 10.5. The van der Waals surface area contributed by atoms with Gasteiger partial charge in [-0.1, -0.05) is 17.7 Å². The first kappa shape index (κ1) is 18.6. The maximum Gasteiger partial charge on any atom is 0.259 e. The van der Waals surface area contributed by atoms with E-state index in [1.165, 1.54) is 0 Å². The number of benzene rings is 2. The lowest BCUT2D eigenvalue weighted by atomic mass is 10.1. The van der Waals surface area contributed by atoms with Crippen LogP contribution < -0.4 is 20.2 Å². The van der Waals surface area contributed by atoms with Crippen molar-refractivity contribution in [1.82, 2.24) is 5.43 Å².